The van der Waals surface area contributed by atoms with E-state index in [0.29, 0.717) is 5.56 Å². The lowest BCUT2D eigenvalue weighted by Gasteiger charge is -2.28. The van der Waals surface area contributed by atoms with Gasteiger partial charge in [0.2, 0.25) is 0 Å². The van der Waals surface area contributed by atoms with Crippen LogP contribution in [-0.2, 0) is 16.0 Å². The topological polar surface area (TPSA) is 60.4 Å². The summed E-state index contributed by atoms with van der Waals surface area (Å²) in [6.07, 6.45) is 1.08. The number of esters is 1. The first-order valence-corrected chi connectivity index (χ1v) is 10.5. The first kappa shape index (κ1) is 20.7. The molecule has 3 aromatic rings. The zero-order valence-corrected chi connectivity index (χ0v) is 17.6. The molecule has 2 atom stereocenters. The summed E-state index contributed by atoms with van der Waals surface area (Å²) in [4.78, 5) is 37.9. The Kier molecular flexibility index (Phi) is 5.81. The highest BCUT2D eigenvalue weighted by Crippen LogP contribution is 2.38. The summed E-state index contributed by atoms with van der Waals surface area (Å²) >= 11 is 0. The largest absolute Gasteiger partial charge is 0.425 e. The van der Waals surface area contributed by atoms with Crippen molar-refractivity contribution in [2.45, 2.75) is 32.6 Å². The highest BCUT2D eigenvalue weighted by Gasteiger charge is 2.42. The molecule has 0 aliphatic carbocycles. The Hall–Kier alpha value is -3.53. The zero-order valence-electron chi connectivity index (χ0n) is 17.6. The van der Waals surface area contributed by atoms with E-state index < -0.39 is 17.8 Å². The van der Waals surface area contributed by atoms with Gasteiger partial charge in [-0.1, -0.05) is 67.6 Å². The molecule has 156 valence electrons. The Balaban J connectivity index is 1.67. The maximum absolute atomic E-state index is 13.2. The number of fused-ring (bicyclic) bond motifs is 1. The monoisotopic (exact) mass is 412 g/mol. The molecule has 1 aliphatic rings. The van der Waals surface area contributed by atoms with Crippen molar-refractivity contribution in [1.29, 1.82) is 0 Å². The summed E-state index contributed by atoms with van der Waals surface area (Å²) in [6.45, 7) is 3.60. The van der Waals surface area contributed by atoms with E-state index in [1.165, 1.54) is 12.5 Å². The molecule has 0 saturated heterocycles. The molecule has 0 aromatic heterocycles. The van der Waals surface area contributed by atoms with Crippen molar-refractivity contribution in [1.82, 2.24) is 0 Å². The summed E-state index contributed by atoms with van der Waals surface area (Å²) < 4.78 is 5.44. The minimum atomic E-state index is -1.03. The lowest BCUT2D eigenvalue weighted by molar-refractivity contribution is -0.138. The number of ketones is 2. The van der Waals surface area contributed by atoms with Crippen LogP contribution in [0.5, 0.6) is 5.75 Å². The van der Waals surface area contributed by atoms with Crippen LogP contribution in [0, 0.1) is 5.92 Å². The van der Waals surface area contributed by atoms with Crippen LogP contribution in [0.4, 0.5) is 0 Å². The van der Waals surface area contributed by atoms with Crippen LogP contribution in [0.1, 0.15) is 47.7 Å². The summed E-state index contributed by atoms with van der Waals surface area (Å²) in [6, 6.07) is 22.8. The first-order chi connectivity index (χ1) is 15.0. The van der Waals surface area contributed by atoms with Crippen LogP contribution < -0.4 is 4.74 Å². The molecule has 0 N–H and O–H groups in total. The molecular weight excluding hydrogens is 388 g/mol. The molecule has 4 nitrogen and oxygen atoms in total. The summed E-state index contributed by atoms with van der Waals surface area (Å²) in [5, 5.41) is 0. The molecule has 3 aromatic carbocycles. The van der Waals surface area contributed by atoms with E-state index in [-0.39, 0.29) is 23.7 Å². The molecule has 2 unspecified atom stereocenters. The number of carbonyl (C=O) groups is 3. The molecule has 1 aliphatic heterocycles. The normalized spacial score (nSPS) is 16.4. The van der Waals surface area contributed by atoms with E-state index in [9.17, 15) is 14.4 Å². The first-order valence-electron chi connectivity index (χ1n) is 10.5. The molecule has 0 fully saturated rings. The number of hydrogen-bond donors (Lipinski definition) is 0. The summed E-state index contributed by atoms with van der Waals surface area (Å²) in [7, 11) is 0. The minimum Gasteiger partial charge on any atom is -0.425 e. The van der Waals surface area contributed by atoms with Gasteiger partial charge in [-0.15, -0.1) is 0 Å². The average molecular weight is 412 g/mol. The van der Waals surface area contributed by atoms with E-state index in [1.807, 2.05) is 24.3 Å². The predicted molar refractivity (Wildman–Crippen MR) is 119 cm³/mol. The van der Waals surface area contributed by atoms with Crippen molar-refractivity contribution in [2.75, 3.05) is 0 Å². The van der Waals surface area contributed by atoms with Gasteiger partial charge in [0.05, 0.1) is 5.56 Å². The Morgan fingerprint density at radius 1 is 0.903 bits per heavy atom. The van der Waals surface area contributed by atoms with Gasteiger partial charge in [-0.3, -0.25) is 9.59 Å². The van der Waals surface area contributed by atoms with E-state index in [4.69, 9.17) is 4.74 Å². The number of ether oxygens (including phenoxy) is 1. The Labute approximate surface area is 181 Å². The van der Waals surface area contributed by atoms with Gasteiger partial charge < -0.3 is 9.53 Å². The second-order valence-corrected chi connectivity index (χ2v) is 7.94. The quantitative estimate of drug-likeness (QED) is 0.309. The lowest BCUT2D eigenvalue weighted by Crippen LogP contribution is -2.38. The van der Waals surface area contributed by atoms with Gasteiger partial charge in [-0.05, 0) is 47.7 Å². The van der Waals surface area contributed by atoms with Gasteiger partial charge in [0.1, 0.15) is 17.5 Å². The highest BCUT2D eigenvalue weighted by molar-refractivity contribution is 6.14. The number of rotatable bonds is 6. The maximum Gasteiger partial charge on any atom is 0.322 e. The van der Waals surface area contributed by atoms with E-state index in [1.54, 1.807) is 24.3 Å². The van der Waals surface area contributed by atoms with E-state index in [0.717, 1.165) is 23.1 Å². The van der Waals surface area contributed by atoms with Crippen LogP contribution >= 0.6 is 0 Å². The van der Waals surface area contributed by atoms with Crippen LogP contribution in [0.3, 0.4) is 0 Å². The fraction of sp³-hybridized carbons (Fsp3) is 0.222. The third kappa shape index (κ3) is 4.19. The standard InChI is InChI=1S/C27H24O4/c1-3-18-8-10-19(11-9-18)20-12-14-21(15-13-20)23(16-17(2)28)25-26(29)22-6-4-5-7-24(22)31-27(25)30/h4-15,23,25H,3,16H2,1-2H3. The zero-order chi connectivity index (χ0) is 22.0. The third-order valence-electron chi connectivity index (χ3n) is 5.84. The second-order valence-electron chi connectivity index (χ2n) is 7.94. The number of hydrogen-bond acceptors (Lipinski definition) is 4. The molecule has 4 rings (SSSR count). The fourth-order valence-electron chi connectivity index (χ4n) is 4.15. The molecule has 0 amide bonds. The van der Waals surface area contributed by atoms with Gasteiger partial charge in [0, 0.05) is 12.3 Å². The van der Waals surface area contributed by atoms with Crippen molar-refractivity contribution >= 4 is 17.5 Å². The fourth-order valence-corrected chi connectivity index (χ4v) is 4.15. The van der Waals surface area contributed by atoms with Crippen molar-refractivity contribution in [3.05, 3.63) is 89.5 Å². The molecular formula is C27H24O4. The molecule has 0 bridgehead atoms. The summed E-state index contributed by atoms with van der Waals surface area (Å²) in [5.41, 5.74) is 4.56. The van der Waals surface area contributed by atoms with E-state index >= 15 is 0 Å². The molecule has 31 heavy (non-hydrogen) atoms. The highest BCUT2D eigenvalue weighted by atomic mass is 16.5. The number of aryl methyl sites for hydroxylation is 1. The number of carbonyl (C=O) groups excluding carboxylic acids is 3. The Morgan fingerprint density at radius 2 is 1.52 bits per heavy atom. The SMILES string of the molecule is CCc1ccc(-c2ccc(C(CC(C)=O)C3C(=O)Oc4ccccc4C3=O)cc2)cc1. The molecule has 0 spiro atoms. The second kappa shape index (κ2) is 8.68. The number of para-hydroxylation sites is 1. The van der Waals surface area contributed by atoms with Crippen LogP contribution in [-0.4, -0.2) is 17.5 Å². The molecule has 0 radical (unpaired) electrons. The van der Waals surface area contributed by atoms with Gasteiger partial charge in [-0.2, -0.15) is 0 Å². The number of Topliss-reactive ketones (excluding diaryl/α,β-unsaturated/α-hetero) is 2. The average Bonchev–Trinajstić information content (AvgIpc) is 2.78. The van der Waals surface area contributed by atoms with Crippen molar-refractivity contribution in [2.24, 2.45) is 5.92 Å². The van der Waals surface area contributed by atoms with Crippen molar-refractivity contribution in [3.63, 3.8) is 0 Å². The van der Waals surface area contributed by atoms with Crippen LogP contribution in [0.2, 0.25) is 0 Å². The smallest absolute Gasteiger partial charge is 0.322 e. The maximum atomic E-state index is 13.2. The Morgan fingerprint density at radius 3 is 2.13 bits per heavy atom. The minimum absolute atomic E-state index is 0.0799. The van der Waals surface area contributed by atoms with Gasteiger partial charge in [0.15, 0.2) is 5.78 Å². The molecule has 0 saturated carbocycles. The van der Waals surface area contributed by atoms with Gasteiger partial charge in [0.25, 0.3) is 0 Å². The van der Waals surface area contributed by atoms with Gasteiger partial charge >= 0.3 is 5.97 Å². The number of benzene rings is 3. The van der Waals surface area contributed by atoms with E-state index in [2.05, 4.69) is 31.2 Å². The van der Waals surface area contributed by atoms with Crippen molar-refractivity contribution in [3.8, 4) is 16.9 Å². The summed E-state index contributed by atoms with van der Waals surface area (Å²) in [5.74, 6) is -2.30. The van der Waals surface area contributed by atoms with Crippen LogP contribution in [0.25, 0.3) is 11.1 Å². The Bertz CT molecular complexity index is 1130. The molecule has 1 heterocycles. The van der Waals surface area contributed by atoms with Crippen molar-refractivity contribution < 1.29 is 19.1 Å². The lowest BCUT2D eigenvalue weighted by atomic mass is 9.77. The van der Waals surface area contributed by atoms with Gasteiger partial charge in [-0.25, -0.2) is 0 Å². The third-order valence-corrected chi connectivity index (χ3v) is 5.84. The predicted octanol–water partition coefficient (Wildman–Crippen LogP) is 5.40. The molecule has 4 heteroatoms. The van der Waals surface area contributed by atoms with Crippen LogP contribution in [0.15, 0.2) is 72.8 Å².